The number of hydrogen-bond acceptors (Lipinski definition) is 7. The number of benzene rings is 2. The fourth-order valence-corrected chi connectivity index (χ4v) is 5.14. The number of ether oxygens (including phenoxy) is 2. The number of likely N-dealkylation sites (tertiary alicyclic amines) is 1. The molecular weight excluding hydrogens is 473 g/mol. The summed E-state index contributed by atoms with van der Waals surface area (Å²) >= 11 is 5.93. The molecule has 0 radical (unpaired) electrons. The molecule has 1 aliphatic heterocycles. The Morgan fingerprint density at radius 3 is 2.66 bits per heavy atom. The number of primary amides is 1. The number of rotatable bonds is 7. The molecule has 1 saturated heterocycles. The molecule has 184 valence electrons. The molecule has 1 amide bonds. The first kappa shape index (κ1) is 23.6. The van der Waals surface area contributed by atoms with Gasteiger partial charge in [0, 0.05) is 24.0 Å². The Bertz CT molecular complexity index is 1250. The van der Waals surface area contributed by atoms with Crippen LogP contribution in [0.3, 0.4) is 0 Å². The molecule has 2 aliphatic rings. The molecule has 3 N–H and O–H groups in total. The van der Waals surface area contributed by atoms with Gasteiger partial charge >= 0.3 is 0 Å². The molecule has 10 heteroatoms. The molecule has 1 atom stereocenters. The second kappa shape index (κ2) is 9.83. The minimum atomic E-state index is -0.552. The van der Waals surface area contributed by atoms with Crippen LogP contribution in [-0.4, -0.2) is 52.6 Å². The molecule has 1 saturated carbocycles. The molecule has 0 unspecified atom stereocenters. The molecule has 0 spiro atoms. The van der Waals surface area contributed by atoms with Crippen molar-refractivity contribution in [2.24, 2.45) is 5.73 Å². The van der Waals surface area contributed by atoms with Crippen LogP contribution in [0.2, 0.25) is 5.02 Å². The van der Waals surface area contributed by atoms with Crippen LogP contribution in [0, 0.1) is 5.82 Å². The summed E-state index contributed by atoms with van der Waals surface area (Å²) < 4.78 is 26.4. The predicted molar refractivity (Wildman–Crippen MR) is 132 cm³/mol. The van der Waals surface area contributed by atoms with Gasteiger partial charge in [-0.2, -0.15) is 0 Å². The quantitative estimate of drug-likeness (QED) is 0.496. The molecule has 8 nitrogen and oxygen atoms in total. The van der Waals surface area contributed by atoms with E-state index in [0.717, 1.165) is 38.6 Å². The lowest BCUT2D eigenvalue weighted by molar-refractivity contribution is -0.130. The van der Waals surface area contributed by atoms with Crippen LogP contribution in [0.4, 0.5) is 15.9 Å². The molecule has 2 fully saturated rings. The highest BCUT2D eigenvalue weighted by Gasteiger charge is 2.39. The van der Waals surface area contributed by atoms with Gasteiger partial charge in [0.2, 0.25) is 5.91 Å². The number of nitrogens with two attached hydrogens (primary N) is 1. The van der Waals surface area contributed by atoms with Crippen molar-refractivity contribution < 1.29 is 18.7 Å². The Morgan fingerprint density at radius 2 is 1.97 bits per heavy atom. The molecule has 2 heterocycles. The van der Waals surface area contributed by atoms with Gasteiger partial charge in [0.15, 0.2) is 17.3 Å². The number of hydrogen-bond donors (Lipinski definition) is 2. The maximum Gasteiger partial charge on any atom is 0.234 e. The number of aromatic nitrogens is 2. The number of halogens is 2. The van der Waals surface area contributed by atoms with Gasteiger partial charge in [-0.3, -0.25) is 9.69 Å². The first-order valence-corrected chi connectivity index (χ1v) is 12.1. The molecule has 0 bridgehead atoms. The maximum atomic E-state index is 14.5. The van der Waals surface area contributed by atoms with Crippen molar-refractivity contribution in [1.29, 1.82) is 0 Å². The second-order valence-electron chi connectivity index (χ2n) is 8.96. The first-order chi connectivity index (χ1) is 16.9. The predicted octanol–water partition coefficient (Wildman–Crippen LogP) is 4.42. The zero-order valence-electron chi connectivity index (χ0n) is 19.3. The molecule has 5 rings (SSSR count). The first-order valence-electron chi connectivity index (χ1n) is 11.7. The van der Waals surface area contributed by atoms with E-state index in [1.54, 1.807) is 25.3 Å². The van der Waals surface area contributed by atoms with Crippen LogP contribution < -0.4 is 20.5 Å². The number of amides is 1. The van der Waals surface area contributed by atoms with E-state index >= 15 is 0 Å². The van der Waals surface area contributed by atoms with Gasteiger partial charge in [0.25, 0.3) is 0 Å². The number of nitrogens with zero attached hydrogens (tertiary/aromatic N) is 3. The Hall–Kier alpha value is -3.17. The normalized spacial score (nSPS) is 22.4. The Kier molecular flexibility index (Phi) is 6.62. The number of anilines is 2. The molecule has 3 aromatic rings. The highest BCUT2D eigenvalue weighted by Crippen LogP contribution is 2.38. The van der Waals surface area contributed by atoms with Crippen molar-refractivity contribution in [3.8, 4) is 11.5 Å². The van der Waals surface area contributed by atoms with Crippen molar-refractivity contribution >= 4 is 39.9 Å². The van der Waals surface area contributed by atoms with Gasteiger partial charge in [-0.05, 0) is 50.3 Å². The highest BCUT2D eigenvalue weighted by atomic mass is 35.5. The van der Waals surface area contributed by atoms with E-state index in [4.69, 9.17) is 26.8 Å². The van der Waals surface area contributed by atoms with Crippen molar-refractivity contribution in [3.63, 3.8) is 0 Å². The lowest BCUT2D eigenvalue weighted by atomic mass is 9.87. The minimum absolute atomic E-state index is 0.0114. The van der Waals surface area contributed by atoms with E-state index in [-0.39, 0.29) is 28.8 Å². The van der Waals surface area contributed by atoms with Gasteiger partial charge in [0.1, 0.15) is 12.1 Å². The maximum absolute atomic E-state index is 14.5. The average Bonchev–Trinajstić information content (AvgIpc) is 2.82. The van der Waals surface area contributed by atoms with Gasteiger partial charge in [-0.15, -0.1) is 0 Å². The second-order valence-corrected chi connectivity index (χ2v) is 9.37. The Balaban J connectivity index is 1.35. The van der Waals surface area contributed by atoms with Crippen LogP contribution in [0.5, 0.6) is 11.5 Å². The van der Waals surface area contributed by atoms with Gasteiger partial charge in [0.05, 0.1) is 35.5 Å². The third-order valence-corrected chi connectivity index (χ3v) is 7.21. The number of nitrogens with one attached hydrogen (secondary N) is 1. The summed E-state index contributed by atoms with van der Waals surface area (Å²) in [7, 11) is 1.58. The summed E-state index contributed by atoms with van der Waals surface area (Å²) in [6.45, 7) is 0.922. The Morgan fingerprint density at radius 1 is 1.17 bits per heavy atom. The van der Waals surface area contributed by atoms with Crippen LogP contribution in [0.25, 0.3) is 10.9 Å². The third-order valence-electron chi connectivity index (χ3n) is 6.92. The topological polar surface area (TPSA) is 103 Å². The monoisotopic (exact) mass is 499 g/mol. The van der Waals surface area contributed by atoms with Crippen LogP contribution in [-0.2, 0) is 4.79 Å². The van der Waals surface area contributed by atoms with E-state index in [0.29, 0.717) is 34.3 Å². The smallest absolute Gasteiger partial charge is 0.234 e. The summed E-state index contributed by atoms with van der Waals surface area (Å²) in [5, 5.41) is 3.71. The summed E-state index contributed by atoms with van der Waals surface area (Å²) in [6.07, 6.45) is 5.86. The van der Waals surface area contributed by atoms with E-state index in [1.165, 1.54) is 12.4 Å². The van der Waals surface area contributed by atoms with Crippen molar-refractivity contribution in [2.75, 3.05) is 19.0 Å². The number of fused-ring (bicyclic) bond motifs is 1. The lowest BCUT2D eigenvalue weighted by Crippen LogP contribution is -2.59. The fraction of sp³-hybridized carbons (Fsp3) is 0.400. The van der Waals surface area contributed by atoms with E-state index < -0.39 is 5.82 Å². The van der Waals surface area contributed by atoms with Crippen LogP contribution >= 0.6 is 11.6 Å². The number of carbonyl (C=O) groups is 1. The minimum Gasteiger partial charge on any atom is -0.493 e. The molecule has 35 heavy (non-hydrogen) atoms. The van der Waals surface area contributed by atoms with Crippen molar-refractivity contribution in [3.05, 3.63) is 47.5 Å². The van der Waals surface area contributed by atoms with E-state index in [2.05, 4.69) is 20.2 Å². The summed E-state index contributed by atoms with van der Waals surface area (Å²) in [4.78, 5) is 22.5. The van der Waals surface area contributed by atoms with Gasteiger partial charge in [-0.25, -0.2) is 14.4 Å². The Labute approximate surface area is 207 Å². The largest absolute Gasteiger partial charge is 0.493 e. The molecule has 1 aromatic heterocycles. The van der Waals surface area contributed by atoms with Crippen molar-refractivity contribution in [2.45, 2.75) is 50.3 Å². The van der Waals surface area contributed by atoms with E-state index in [9.17, 15) is 9.18 Å². The molecule has 2 aromatic carbocycles. The highest BCUT2D eigenvalue weighted by molar-refractivity contribution is 6.31. The fourth-order valence-electron chi connectivity index (χ4n) is 4.97. The summed E-state index contributed by atoms with van der Waals surface area (Å²) in [5.74, 6) is 0.785. The SMILES string of the molecule is COc1cc2ncnc(Nc3cccc(Cl)c3F)c2cc1OC1CCC(N2CC[C@H]2C(N)=O)CC1. The standard InChI is InChI=1S/C25H27ClFN5O3/c1-34-21-12-19-16(25(30-13-29-19)31-18-4-2-3-17(26)23(18)27)11-22(21)35-15-7-5-14(6-8-15)32-10-9-20(32)24(28)33/h2-4,11-15,20H,5-10H2,1H3,(H2,28,33)(H,29,30,31)/t14?,15?,20-/m0/s1. The van der Waals surface area contributed by atoms with Crippen LogP contribution in [0.15, 0.2) is 36.7 Å². The number of methoxy groups -OCH3 is 1. The zero-order chi connectivity index (χ0) is 24.5. The molecular formula is C25H27ClFN5O3. The summed E-state index contributed by atoms with van der Waals surface area (Å²) in [6, 6.07) is 8.58. The third kappa shape index (κ3) is 4.70. The average molecular weight is 500 g/mol. The summed E-state index contributed by atoms with van der Waals surface area (Å²) in [5.41, 5.74) is 6.37. The van der Waals surface area contributed by atoms with Gasteiger partial charge in [-0.1, -0.05) is 17.7 Å². The number of carbonyl (C=O) groups excluding carboxylic acids is 1. The van der Waals surface area contributed by atoms with Crippen molar-refractivity contribution in [1.82, 2.24) is 14.9 Å². The zero-order valence-corrected chi connectivity index (χ0v) is 20.1. The van der Waals surface area contributed by atoms with Gasteiger partial charge < -0.3 is 20.5 Å². The lowest BCUT2D eigenvalue weighted by Gasteiger charge is -2.46. The molecule has 1 aliphatic carbocycles. The van der Waals surface area contributed by atoms with E-state index in [1.807, 2.05) is 6.07 Å². The van der Waals surface area contributed by atoms with Crippen LogP contribution in [0.1, 0.15) is 32.1 Å².